The molecule has 0 aliphatic heterocycles. The molecule has 0 aromatic heterocycles. The summed E-state index contributed by atoms with van der Waals surface area (Å²) in [6, 6.07) is 0. The lowest BCUT2D eigenvalue weighted by Gasteiger charge is -2.70. The van der Waals surface area contributed by atoms with Crippen molar-refractivity contribution in [3.63, 3.8) is 0 Å². The van der Waals surface area contributed by atoms with E-state index in [4.69, 9.17) is 0 Å². The molecular formula is C49H100. The van der Waals surface area contributed by atoms with Gasteiger partial charge in [-0.05, 0) is 108 Å². The summed E-state index contributed by atoms with van der Waals surface area (Å²) in [5.41, 5.74) is 0.825. The molecule has 49 heavy (non-hydrogen) atoms. The predicted molar refractivity (Wildman–Crippen MR) is 227 cm³/mol. The van der Waals surface area contributed by atoms with Gasteiger partial charge in [-0.2, -0.15) is 0 Å². The SMILES string of the molecule is CCC(C)C(C)C(C)C(C)C(C)C(C)C(C)C(C)C(C)C(C)C(C)(C)C(C)(C)C(C)(C)C(C)(C)C(C)(C)C(C)(C)C(C)(C)C(C)(C)C(C)C. The first kappa shape index (κ1) is 49.0. The summed E-state index contributed by atoms with van der Waals surface area (Å²) in [7, 11) is 0. The van der Waals surface area contributed by atoms with Crippen LogP contribution in [0.3, 0.4) is 0 Å². The molecule has 0 aliphatic rings. The van der Waals surface area contributed by atoms with Crippen molar-refractivity contribution in [3.8, 4) is 0 Å². The minimum Gasteiger partial charge on any atom is -0.0651 e. The molecule has 10 unspecified atom stereocenters. The Labute approximate surface area is 314 Å². The highest BCUT2D eigenvalue weighted by Crippen LogP contribution is 2.72. The Balaban J connectivity index is 6.61. The van der Waals surface area contributed by atoms with Crippen molar-refractivity contribution in [2.45, 2.75) is 207 Å². The lowest BCUT2D eigenvalue weighted by Crippen LogP contribution is -2.64. The van der Waals surface area contributed by atoms with Gasteiger partial charge in [-0.15, -0.1) is 0 Å². The van der Waals surface area contributed by atoms with Gasteiger partial charge in [0.1, 0.15) is 0 Å². The topological polar surface area (TPSA) is 0 Å². The van der Waals surface area contributed by atoms with Gasteiger partial charge >= 0.3 is 0 Å². The Bertz CT molecular complexity index is 1010. The predicted octanol–water partition coefficient (Wildman–Crippen LogP) is 16.6. The molecule has 0 radical (unpaired) electrons. The van der Waals surface area contributed by atoms with Gasteiger partial charge in [0.2, 0.25) is 0 Å². The molecular weight excluding hydrogens is 589 g/mol. The third-order valence-corrected chi connectivity index (χ3v) is 21.8. The van der Waals surface area contributed by atoms with Gasteiger partial charge in [-0.3, -0.25) is 0 Å². The van der Waals surface area contributed by atoms with Crippen molar-refractivity contribution < 1.29 is 0 Å². The largest absolute Gasteiger partial charge is 0.0651 e. The zero-order valence-corrected chi connectivity index (χ0v) is 40.1. The molecule has 0 aliphatic carbocycles. The Morgan fingerprint density at radius 2 is 0.510 bits per heavy atom. The molecule has 0 saturated heterocycles. The molecule has 0 fully saturated rings. The van der Waals surface area contributed by atoms with Crippen LogP contribution in [0.4, 0.5) is 0 Å². The first-order valence-electron chi connectivity index (χ1n) is 21.4. The maximum absolute atomic E-state index is 2.63. The molecule has 0 rings (SSSR count). The van der Waals surface area contributed by atoms with Crippen LogP contribution < -0.4 is 0 Å². The van der Waals surface area contributed by atoms with Gasteiger partial charge in [0.25, 0.3) is 0 Å². The summed E-state index contributed by atoms with van der Waals surface area (Å²) in [5, 5.41) is 0. The van der Waals surface area contributed by atoms with Crippen molar-refractivity contribution in [2.75, 3.05) is 0 Å². The summed E-state index contributed by atoms with van der Waals surface area (Å²) >= 11 is 0. The summed E-state index contributed by atoms with van der Waals surface area (Å²) in [6.45, 7) is 74.4. The van der Waals surface area contributed by atoms with Crippen molar-refractivity contribution in [2.24, 2.45) is 108 Å². The van der Waals surface area contributed by atoms with E-state index >= 15 is 0 Å². The van der Waals surface area contributed by atoms with Crippen LogP contribution in [-0.4, -0.2) is 0 Å². The van der Waals surface area contributed by atoms with Gasteiger partial charge in [-0.1, -0.05) is 207 Å². The molecule has 296 valence electrons. The molecule has 0 aromatic rings. The summed E-state index contributed by atoms with van der Waals surface area (Å²) in [5.74, 6) is 7.70. The van der Waals surface area contributed by atoms with E-state index in [1.165, 1.54) is 6.42 Å². The average Bonchev–Trinajstić information content (AvgIpc) is 2.99. The molecule has 0 aromatic carbocycles. The molecule has 0 heteroatoms. The molecule has 0 saturated carbocycles. The Morgan fingerprint density at radius 3 is 0.776 bits per heavy atom. The smallest absolute Gasteiger partial charge is 0.0241 e. The second kappa shape index (κ2) is 15.8. The second-order valence-electron chi connectivity index (χ2n) is 23.4. The molecule has 0 bridgehead atoms. The lowest BCUT2D eigenvalue weighted by molar-refractivity contribution is -0.222. The van der Waals surface area contributed by atoms with Gasteiger partial charge < -0.3 is 0 Å². The van der Waals surface area contributed by atoms with Crippen LogP contribution >= 0.6 is 0 Å². The number of hydrogen-bond donors (Lipinski definition) is 0. The minimum atomic E-state index is 0.0552. The molecule has 0 spiro atoms. The fourth-order valence-electron chi connectivity index (χ4n) is 10.9. The normalized spacial score (nSPS) is 21.4. The van der Waals surface area contributed by atoms with Gasteiger partial charge in [0.05, 0.1) is 0 Å². The van der Waals surface area contributed by atoms with E-state index in [0.717, 1.165) is 29.6 Å². The Morgan fingerprint density at radius 1 is 0.286 bits per heavy atom. The summed E-state index contributed by atoms with van der Waals surface area (Å²) < 4.78 is 0. The monoisotopic (exact) mass is 689 g/mol. The van der Waals surface area contributed by atoms with Crippen LogP contribution in [0.15, 0.2) is 0 Å². The highest BCUT2D eigenvalue weighted by molar-refractivity contribution is 5.14. The van der Waals surface area contributed by atoms with Crippen LogP contribution in [-0.2, 0) is 0 Å². The van der Waals surface area contributed by atoms with E-state index in [-0.39, 0.29) is 43.3 Å². The molecule has 0 nitrogen and oxygen atoms in total. The summed E-state index contributed by atoms with van der Waals surface area (Å²) in [4.78, 5) is 0. The Hall–Kier alpha value is 0. The number of hydrogen-bond acceptors (Lipinski definition) is 0. The zero-order chi connectivity index (χ0) is 40.1. The van der Waals surface area contributed by atoms with E-state index < -0.39 is 0 Å². The maximum Gasteiger partial charge on any atom is -0.0241 e. The van der Waals surface area contributed by atoms with Crippen LogP contribution in [0.5, 0.6) is 0 Å². The minimum absolute atomic E-state index is 0.0552. The van der Waals surface area contributed by atoms with Gasteiger partial charge in [0, 0.05) is 0 Å². The van der Waals surface area contributed by atoms with Gasteiger partial charge in [-0.25, -0.2) is 0 Å². The fraction of sp³-hybridized carbons (Fsp3) is 1.00. The average molecular weight is 689 g/mol. The molecule has 10 atom stereocenters. The lowest BCUT2D eigenvalue weighted by atomic mass is 9.34. The standard InChI is InChI=1S/C49H100/c1-30-32(4)33(5)34(6)35(7)36(8)37(9)38(10)39(11)40(12)41(13)43(16,17)45(20,21)47(24,25)49(28,29)48(26,27)46(22,23)44(18,19)42(14,15)31(2)3/h31-41H,30H2,1-29H3. The van der Waals surface area contributed by atoms with Crippen molar-refractivity contribution in [1.29, 1.82) is 0 Å². The molecule has 0 N–H and O–H groups in total. The van der Waals surface area contributed by atoms with E-state index in [2.05, 4.69) is 201 Å². The third kappa shape index (κ3) is 7.95. The molecule has 0 heterocycles. The molecule has 0 amide bonds. The van der Waals surface area contributed by atoms with Crippen molar-refractivity contribution in [3.05, 3.63) is 0 Å². The van der Waals surface area contributed by atoms with Crippen LogP contribution in [0, 0.1) is 108 Å². The summed E-state index contributed by atoms with van der Waals surface area (Å²) in [6.07, 6.45) is 1.29. The van der Waals surface area contributed by atoms with Gasteiger partial charge in [0.15, 0.2) is 0 Å². The quantitative estimate of drug-likeness (QED) is 0.127. The Kier molecular flexibility index (Phi) is 15.8. The van der Waals surface area contributed by atoms with Crippen LogP contribution in [0.1, 0.15) is 207 Å². The van der Waals surface area contributed by atoms with E-state index in [0.29, 0.717) is 35.5 Å². The van der Waals surface area contributed by atoms with Crippen LogP contribution in [0.2, 0.25) is 0 Å². The van der Waals surface area contributed by atoms with Crippen molar-refractivity contribution in [1.82, 2.24) is 0 Å². The second-order valence-corrected chi connectivity index (χ2v) is 23.4. The maximum atomic E-state index is 2.63. The van der Waals surface area contributed by atoms with Crippen LogP contribution in [0.25, 0.3) is 0 Å². The number of rotatable bonds is 19. The highest BCUT2D eigenvalue weighted by atomic mass is 14.7. The zero-order valence-electron chi connectivity index (χ0n) is 40.1. The highest BCUT2D eigenvalue weighted by Gasteiger charge is 2.66. The van der Waals surface area contributed by atoms with E-state index in [9.17, 15) is 0 Å². The first-order valence-corrected chi connectivity index (χ1v) is 21.4. The van der Waals surface area contributed by atoms with Crippen molar-refractivity contribution >= 4 is 0 Å². The first-order chi connectivity index (χ1) is 21.4. The third-order valence-electron chi connectivity index (χ3n) is 21.8. The van der Waals surface area contributed by atoms with E-state index in [1.54, 1.807) is 0 Å². The van der Waals surface area contributed by atoms with E-state index in [1.807, 2.05) is 0 Å². The fourth-order valence-corrected chi connectivity index (χ4v) is 10.9.